The van der Waals surface area contributed by atoms with E-state index in [1.807, 2.05) is 19.1 Å². The van der Waals surface area contributed by atoms with Gasteiger partial charge in [0, 0.05) is 11.6 Å². The fraction of sp³-hybridized carbons (Fsp3) is 0.429. The zero-order chi connectivity index (χ0) is 14.0. The molecule has 1 aliphatic rings. The Morgan fingerprint density at radius 1 is 1.53 bits per heavy atom. The summed E-state index contributed by atoms with van der Waals surface area (Å²) in [7, 11) is 0. The van der Waals surface area contributed by atoms with Gasteiger partial charge in [0.05, 0.1) is 0 Å². The number of hydrogen-bond donors (Lipinski definition) is 2. The van der Waals surface area contributed by atoms with E-state index in [4.69, 9.17) is 22.7 Å². The summed E-state index contributed by atoms with van der Waals surface area (Å²) in [5.74, 6) is 0.561. The normalized spacial score (nSPS) is 15.7. The Bertz CT molecular complexity index is 512. The number of thiocarbonyl (C=S) groups is 1. The van der Waals surface area contributed by atoms with Crippen molar-refractivity contribution in [3.05, 3.63) is 29.3 Å². The fourth-order valence-corrected chi connectivity index (χ4v) is 1.80. The van der Waals surface area contributed by atoms with Crippen molar-refractivity contribution in [1.82, 2.24) is 5.32 Å². The first-order chi connectivity index (χ1) is 8.97. The van der Waals surface area contributed by atoms with E-state index in [1.54, 1.807) is 13.0 Å². The van der Waals surface area contributed by atoms with Crippen LogP contribution in [0.4, 0.5) is 0 Å². The van der Waals surface area contributed by atoms with Crippen LogP contribution in [0, 0.1) is 6.92 Å². The second-order valence-electron chi connectivity index (χ2n) is 4.89. The van der Waals surface area contributed by atoms with E-state index in [2.05, 4.69) is 5.32 Å². The monoisotopic (exact) mass is 278 g/mol. The van der Waals surface area contributed by atoms with Gasteiger partial charge in [-0.2, -0.15) is 0 Å². The standard InChI is InChI=1S/C14H18N2O2S/c1-8-3-4-10(13(15)19)7-12(8)18-9(2)14(17)16-11-5-6-11/h3-4,7,9,11H,5-6H2,1-2H3,(H2,15,19)(H,16,17). The van der Waals surface area contributed by atoms with E-state index in [0.29, 0.717) is 16.8 Å². The molecule has 3 N–H and O–H groups in total. The summed E-state index contributed by atoms with van der Waals surface area (Å²) in [5, 5.41) is 2.92. The van der Waals surface area contributed by atoms with Crippen LogP contribution in [-0.4, -0.2) is 23.0 Å². The van der Waals surface area contributed by atoms with E-state index >= 15 is 0 Å². The van der Waals surface area contributed by atoms with Crippen LogP contribution in [0.15, 0.2) is 18.2 Å². The average Bonchev–Trinajstić information content (AvgIpc) is 3.15. The summed E-state index contributed by atoms with van der Waals surface area (Å²) in [4.78, 5) is 12.2. The Kier molecular flexibility index (Phi) is 4.04. The summed E-state index contributed by atoms with van der Waals surface area (Å²) < 4.78 is 5.70. The summed E-state index contributed by atoms with van der Waals surface area (Å²) in [5.41, 5.74) is 7.29. The van der Waals surface area contributed by atoms with Crippen molar-refractivity contribution in [3.8, 4) is 5.75 Å². The molecule has 102 valence electrons. The summed E-state index contributed by atoms with van der Waals surface area (Å²) in [6, 6.07) is 5.84. The van der Waals surface area contributed by atoms with Gasteiger partial charge in [0.15, 0.2) is 6.10 Å². The highest BCUT2D eigenvalue weighted by Gasteiger charge is 2.26. The van der Waals surface area contributed by atoms with Gasteiger partial charge in [-0.25, -0.2) is 0 Å². The van der Waals surface area contributed by atoms with Crippen LogP contribution in [0.5, 0.6) is 5.75 Å². The molecule has 0 bridgehead atoms. The maximum absolute atomic E-state index is 11.8. The highest BCUT2D eigenvalue weighted by molar-refractivity contribution is 7.80. The number of rotatable bonds is 5. The first-order valence-corrected chi connectivity index (χ1v) is 6.75. The zero-order valence-corrected chi connectivity index (χ0v) is 11.9. The number of carbonyl (C=O) groups is 1. The highest BCUT2D eigenvalue weighted by Crippen LogP contribution is 2.22. The van der Waals surface area contributed by atoms with Gasteiger partial charge in [0.1, 0.15) is 10.7 Å². The van der Waals surface area contributed by atoms with Crippen LogP contribution < -0.4 is 15.8 Å². The van der Waals surface area contributed by atoms with E-state index < -0.39 is 6.10 Å². The predicted octanol–water partition coefficient (Wildman–Crippen LogP) is 1.68. The number of ether oxygens (including phenoxy) is 1. The van der Waals surface area contributed by atoms with Crippen LogP contribution in [0.1, 0.15) is 30.9 Å². The summed E-state index contributed by atoms with van der Waals surface area (Å²) in [6.45, 7) is 3.66. The number of nitrogens with one attached hydrogen (secondary N) is 1. The van der Waals surface area contributed by atoms with Gasteiger partial charge in [0.2, 0.25) is 0 Å². The van der Waals surface area contributed by atoms with Crippen molar-refractivity contribution in [2.24, 2.45) is 5.73 Å². The van der Waals surface area contributed by atoms with Crippen molar-refractivity contribution in [2.45, 2.75) is 38.8 Å². The van der Waals surface area contributed by atoms with Crippen LogP contribution in [0.3, 0.4) is 0 Å². The Balaban J connectivity index is 2.06. The third kappa shape index (κ3) is 3.67. The summed E-state index contributed by atoms with van der Waals surface area (Å²) in [6.07, 6.45) is 1.60. The molecule has 1 amide bonds. The highest BCUT2D eigenvalue weighted by atomic mass is 32.1. The Labute approximate surface area is 118 Å². The first kappa shape index (κ1) is 13.8. The van der Waals surface area contributed by atoms with Crippen LogP contribution in [0.25, 0.3) is 0 Å². The third-order valence-electron chi connectivity index (χ3n) is 3.07. The van der Waals surface area contributed by atoms with Crippen molar-refractivity contribution < 1.29 is 9.53 Å². The smallest absolute Gasteiger partial charge is 0.260 e. The molecule has 0 heterocycles. The molecule has 1 saturated carbocycles. The summed E-state index contributed by atoms with van der Waals surface area (Å²) >= 11 is 4.94. The van der Waals surface area contributed by atoms with Crippen molar-refractivity contribution >= 4 is 23.1 Å². The maximum Gasteiger partial charge on any atom is 0.260 e. The molecule has 5 heteroatoms. The van der Waals surface area contributed by atoms with Gasteiger partial charge in [-0.1, -0.05) is 24.4 Å². The minimum atomic E-state index is -0.527. The van der Waals surface area contributed by atoms with Gasteiger partial charge < -0.3 is 15.8 Å². The largest absolute Gasteiger partial charge is 0.481 e. The quantitative estimate of drug-likeness (QED) is 0.804. The Morgan fingerprint density at radius 2 is 2.21 bits per heavy atom. The lowest BCUT2D eigenvalue weighted by Crippen LogP contribution is -2.37. The topological polar surface area (TPSA) is 64.3 Å². The molecular weight excluding hydrogens is 260 g/mol. The molecule has 1 unspecified atom stereocenters. The lowest BCUT2D eigenvalue weighted by Gasteiger charge is -2.16. The van der Waals surface area contributed by atoms with Crippen LogP contribution in [-0.2, 0) is 4.79 Å². The number of nitrogens with two attached hydrogens (primary N) is 1. The SMILES string of the molecule is Cc1ccc(C(N)=S)cc1OC(C)C(=O)NC1CC1. The molecule has 0 aliphatic heterocycles. The minimum absolute atomic E-state index is 0.0809. The minimum Gasteiger partial charge on any atom is -0.481 e. The van der Waals surface area contributed by atoms with Gasteiger partial charge in [-0.3, -0.25) is 4.79 Å². The van der Waals surface area contributed by atoms with E-state index in [9.17, 15) is 4.79 Å². The molecule has 1 fully saturated rings. The first-order valence-electron chi connectivity index (χ1n) is 6.35. The van der Waals surface area contributed by atoms with Crippen molar-refractivity contribution in [2.75, 3.05) is 0 Å². The number of amides is 1. The second kappa shape index (κ2) is 5.57. The van der Waals surface area contributed by atoms with Gasteiger partial charge in [-0.15, -0.1) is 0 Å². The molecule has 1 aliphatic carbocycles. The molecular formula is C14H18N2O2S. The average molecular weight is 278 g/mol. The van der Waals surface area contributed by atoms with Gasteiger partial charge in [0.25, 0.3) is 5.91 Å². The van der Waals surface area contributed by atoms with E-state index in [1.165, 1.54) is 0 Å². The Morgan fingerprint density at radius 3 is 2.79 bits per heavy atom. The third-order valence-corrected chi connectivity index (χ3v) is 3.31. The molecule has 4 nitrogen and oxygen atoms in total. The second-order valence-corrected chi connectivity index (χ2v) is 5.33. The zero-order valence-electron chi connectivity index (χ0n) is 11.1. The van der Waals surface area contributed by atoms with E-state index in [-0.39, 0.29) is 5.91 Å². The molecule has 1 aromatic carbocycles. The van der Waals surface area contributed by atoms with Crippen LogP contribution >= 0.6 is 12.2 Å². The molecule has 0 saturated heterocycles. The fourth-order valence-electron chi connectivity index (χ4n) is 1.67. The number of hydrogen-bond acceptors (Lipinski definition) is 3. The molecule has 19 heavy (non-hydrogen) atoms. The van der Waals surface area contributed by atoms with Crippen molar-refractivity contribution in [1.29, 1.82) is 0 Å². The van der Waals surface area contributed by atoms with Crippen LogP contribution in [0.2, 0.25) is 0 Å². The van der Waals surface area contributed by atoms with Crippen molar-refractivity contribution in [3.63, 3.8) is 0 Å². The van der Waals surface area contributed by atoms with E-state index in [0.717, 1.165) is 24.0 Å². The molecule has 1 aromatic rings. The number of benzene rings is 1. The molecule has 1 atom stereocenters. The molecule has 0 aromatic heterocycles. The molecule has 0 spiro atoms. The number of carbonyl (C=O) groups excluding carboxylic acids is 1. The molecule has 0 radical (unpaired) electrons. The predicted molar refractivity (Wildman–Crippen MR) is 78.3 cm³/mol. The lowest BCUT2D eigenvalue weighted by molar-refractivity contribution is -0.127. The Hall–Kier alpha value is -1.62. The van der Waals surface area contributed by atoms with Gasteiger partial charge >= 0.3 is 0 Å². The molecule has 2 rings (SSSR count). The van der Waals surface area contributed by atoms with Gasteiger partial charge in [-0.05, 0) is 38.3 Å². The maximum atomic E-state index is 11.8. The lowest BCUT2D eigenvalue weighted by atomic mass is 10.1. The number of aryl methyl sites for hydroxylation is 1.